The maximum atomic E-state index is 13.2. The van der Waals surface area contributed by atoms with Gasteiger partial charge in [-0.2, -0.15) is 0 Å². The third-order valence-corrected chi connectivity index (χ3v) is 13.3. The molecule has 240 valence electrons. The fourth-order valence-corrected chi connectivity index (χ4v) is 10.2. The van der Waals surface area contributed by atoms with Crippen LogP contribution in [0.4, 0.5) is 0 Å². The van der Waals surface area contributed by atoms with Crippen molar-refractivity contribution in [2.24, 2.45) is 12.8 Å². The molecule has 3 fully saturated rings. The molecule has 22 heteroatoms. The molecule has 0 aromatic carbocycles. The van der Waals surface area contributed by atoms with Crippen LogP contribution in [-0.2, 0) is 40.6 Å². The SMILES string of the molecule is CO[C@@]1(NC(=O)C2SC(=C(C(N)=O)C(=O)O)S2)C(=O)N2C(C(=O)O)=C(CSc3nnnn3C)CS[C@@H]21.O=C1C[C@H]2SCC=CN12. The lowest BCUT2D eigenvalue weighted by Crippen LogP contribution is -2.81. The molecule has 0 radical (unpaired) electrons. The zero-order valence-corrected chi connectivity index (χ0v) is 27.4. The molecule has 0 aliphatic carbocycles. The van der Waals surface area contributed by atoms with E-state index in [1.807, 2.05) is 24.0 Å². The zero-order chi connectivity index (χ0) is 32.6. The number of hydrogen-bond donors (Lipinski definition) is 4. The van der Waals surface area contributed by atoms with Gasteiger partial charge in [0.1, 0.15) is 21.2 Å². The molecule has 0 bridgehead atoms. The Balaban J connectivity index is 0.000000377. The second-order valence-corrected chi connectivity index (χ2v) is 15.5. The predicted octanol–water partition coefficient (Wildman–Crippen LogP) is -0.592. The Kier molecular flexibility index (Phi) is 9.79. The number of primary amides is 1. The largest absolute Gasteiger partial charge is 0.477 e. The number of thioether (sulfide) groups is 5. The number of β-lactam (4-membered cyclic amide) rings is 2. The number of hydrogen-bond acceptors (Lipinski definition) is 15. The van der Waals surface area contributed by atoms with Crippen molar-refractivity contribution < 1.29 is 43.7 Å². The molecule has 3 atom stereocenters. The average Bonchev–Trinajstić information content (AvgIpc) is 3.39. The van der Waals surface area contributed by atoms with Gasteiger partial charge in [-0.3, -0.25) is 24.1 Å². The summed E-state index contributed by atoms with van der Waals surface area (Å²) in [4.78, 5) is 74.2. The van der Waals surface area contributed by atoms with Crippen LogP contribution < -0.4 is 11.1 Å². The first-order valence-electron chi connectivity index (χ1n) is 12.7. The molecule has 45 heavy (non-hydrogen) atoms. The van der Waals surface area contributed by atoms with Gasteiger partial charge in [0.2, 0.25) is 17.0 Å². The number of nitrogens with one attached hydrogen (secondary N) is 1. The second-order valence-electron chi connectivity index (χ2n) is 9.48. The molecule has 17 nitrogen and oxygen atoms in total. The summed E-state index contributed by atoms with van der Waals surface area (Å²) in [7, 11) is 2.86. The van der Waals surface area contributed by atoms with Crippen molar-refractivity contribution in [3.05, 3.63) is 33.4 Å². The van der Waals surface area contributed by atoms with Gasteiger partial charge in [0.05, 0.1) is 16.0 Å². The van der Waals surface area contributed by atoms with Crippen LogP contribution in [0.25, 0.3) is 0 Å². The topological polar surface area (TPSA) is 240 Å². The van der Waals surface area contributed by atoms with Crippen LogP contribution >= 0.6 is 58.8 Å². The summed E-state index contributed by atoms with van der Waals surface area (Å²) in [6.07, 6.45) is 4.67. The van der Waals surface area contributed by atoms with Crippen molar-refractivity contribution in [2.45, 2.75) is 32.6 Å². The third-order valence-electron chi connectivity index (χ3n) is 6.81. The highest BCUT2D eigenvalue weighted by molar-refractivity contribution is 8.39. The number of carbonyl (C=O) groups excluding carboxylic acids is 4. The first-order chi connectivity index (χ1) is 21.4. The zero-order valence-electron chi connectivity index (χ0n) is 23.3. The maximum Gasteiger partial charge on any atom is 0.352 e. The minimum Gasteiger partial charge on any atom is -0.477 e. The lowest BCUT2D eigenvalue weighted by Gasteiger charge is -2.56. The van der Waals surface area contributed by atoms with E-state index in [1.165, 1.54) is 35.3 Å². The number of tetrazole rings is 1. The Morgan fingerprint density at radius 1 is 1.22 bits per heavy atom. The molecule has 0 unspecified atom stereocenters. The van der Waals surface area contributed by atoms with E-state index in [0.717, 1.165) is 40.6 Å². The molecule has 1 aromatic rings. The smallest absolute Gasteiger partial charge is 0.352 e. The maximum absolute atomic E-state index is 13.2. The summed E-state index contributed by atoms with van der Waals surface area (Å²) in [5.74, 6) is -3.56. The van der Waals surface area contributed by atoms with Gasteiger partial charge in [-0.05, 0) is 16.0 Å². The number of aryl methyl sites for hydroxylation is 1. The Bertz CT molecular complexity index is 1560. The van der Waals surface area contributed by atoms with Crippen LogP contribution in [0, 0.1) is 0 Å². The minimum atomic E-state index is -1.81. The summed E-state index contributed by atoms with van der Waals surface area (Å²) in [6, 6.07) is 0. The lowest BCUT2D eigenvalue weighted by atomic mass is 9.98. The van der Waals surface area contributed by atoms with Gasteiger partial charge in [-0.25, -0.2) is 14.3 Å². The van der Waals surface area contributed by atoms with Gasteiger partial charge in [-0.15, -0.1) is 28.6 Å². The van der Waals surface area contributed by atoms with Crippen molar-refractivity contribution in [2.75, 3.05) is 24.4 Å². The highest BCUT2D eigenvalue weighted by Gasteiger charge is 2.67. The summed E-state index contributed by atoms with van der Waals surface area (Å²) in [5.41, 5.74) is 2.93. The normalized spacial score (nSPS) is 26.4. The Labute approximate surface area is 275 Å². The fourth-order valence-electron chi connectivity index (χ4n) is 4.56. The van der Waals surface area contributed by atoms with Gasteiger partial charge in [-0.1, -0.05) is 41.4 Å². The van der Waals surface area contributed by atoms with Crippen molar-refractivity contribution >= 4 is 94.4 Å². The third kappa shape index (κ3) is 6.17. The number of amides is 4. The monoisotopic (exact) mass is 716 g/mol. The number of aliphatic carboxylic acids is 2. The summed E-state index contributed by atoms with van der Waals surface area (Å²) in [5, 5.41) is 32.7. The number of nitrogens with zero attached hydrogens (tertiary/aromatic N) is 6. The highest BCUT2D eigenvalue weighted by atomic mass is 32.3. The molecule has 6 heterocycles. The molecule has 4 amide bonds. The van der Waals surface area contributed by atoms with Crippen molar-refractivity contribution in [3.8, 4) is 0 Å². The number of carbonyl (C=O) groups is 6. The van der Waals surface area contributed by atoms with Crippen molar-refractivity contribution in [1.82, 2.24) is 35.3 Å². The van der Waals surface area contributed by atoms with E-state index in [-0.39, 0.29) is 27.3 Å². The van der Waals surface area contributed by atoms with Crippen molar-refractivity contribution in [1.29, 1.82) is 0 Å². The van der Waals surface area contributed by atoms with Crippen molar-refractivity contribution in [3.63, 3.8) is 0 Å². The number of nitrogens with two attached hydrogens (primary N) is 1. The first kappa shape index (κ1) is 33.2. The van der Waals surface area contributed by atoms with Crippen LogP contribution in [0.5, 0.6) is 0 Å². The Morgan fingerprint density at radius 3 is 2.49 bits per heavy atom. The number of carboxylic acids is 2. The standard InChI is InChI=1S/C17H17N7O8S4.C6H7NOS/c1-23-16(20-21-22-23)34-4-5-3-33-15-17(32-2,14(31)24(15)7(5)11(29)30)19-9(26)13-35-12(36-13)6(8(18)25)10(27)28;8-5-4-6-7(5)2-1-3-9-6/h13,15H,3-4H2,1-2H3,(H2,18,25)(H,19,26)(H,27,28)(H,29,30);1-2,6H,3-4H2/t13?,15-,17+;6-/m11/s1. The minimum absolute atomic E-state index is 0.0755. The molecular weight excluding hydrogens is 693 g/mol. The molecule has 5 aliphatic rings. The molecule has 3 saturated heterocycles. The van der Waals surface area contributed by atoms with Gasteiger partial charge < -0.3 is 30.9 Å². The van der Waals surface area contributed by atoms with Crippen LogP contribution in [0.1, 0.15) is 6.42 Å². The summed E-state index contributed by atoms with van der Waals surface area (Å²) >= 11 is 5.90. The van der Waals surface area contributed by atoms with Gasteiger partial charge in [0.15, 0.2) is 0 Å². The van der Waals surface area contributed by atoms with E-state index in [2.05, 4.69) is 20.8 Å². The molecule has 6 rings (SSSR count). The first-order valence-corrected chi connectivity index (χ1v) is 17.6. The number of rotatable bonds is 9. The molecular formula is C23H24N8O9S5. The van der Waals surface area contributed by atoms with E-state index < -0.39 is 50.9 Å². The quantitative estimate of drug-likeness (QED) is 0.0623. The van der Waals surface area contributed by atoms with Crippen LogP contribution in [0.15, 0.2) is 38.5 Å². The van der Waals surface area contributed by atoms with Crippen LogP contribution in [0.2, 0.25) is 0 Å². The van der Waals surface area contributed by atoms with Gasteiger partial charge >= 0.3 is 11.9 Å². The van der Waals surface area contributed by atoms with E-state index in [1.54, 1.807) is 11.9 Å². The number of carboxylic acid groups (broad SMARTS) is 2. The number of ether oxygens (including phenoxy) is 1. The molecule has 1 aromatic heterocycles. The fraction of sp³-hybridized carbons (Fsp3) is 0.435. The predicted molar refractivity (Wildman–Crippen MR) is 165 cm³/mol. The van der Waals surface area contributed by atoms with E-state index in [4.69, 9.17) is 15.6 Å². The number of fused-ring (bicyclic) bond motifs is 2. The Hall–Kier alpha value is -3.18. The summed E-state index contributed by atoms with van der Waals surface area (Å²) in [6.45, 7) is 0. The highest BCUT2D eigenvalue weighted by Crippen LogP contribution is 2.53. The lowest BCUT2D eigenvalue weighted by molar-refractivity contribution is -0.192. The van der Waals surface area contributed by atoms with E-state index in [9.17, 15) is 33.9 Å². The number of aromatic nitrogens is 4. The second kappa shape index (κ2) is 13.3. The van der Waals surface area contributed by atoms with Gasteiger partial charge in [0, 0.05) is 37.6 Å². The Morgan fingerprint density at radius 2 is 1.96 bits per heavy atom. The summed E-state index contributed by atoms with van der Waals surface area (Å²) < 4.78 is 6.05. The molecule has 0 spiro atoms. The number of methoxy groups -OCH3 is 1. The van der Waals surface area contributed by atoms with Gasteiger partial charge in [0.25, 0.3) is 17.5 Å². The average molecular weight is 717 g/mol. The van der Waals surface area contributed by atoms with Crippen LogP contribution in [-0.4, -0.2) is 121 Å². The van der Waals surface area contributed by atoms with E-state index in [0.29, 0.717) is 16.1 Å². The molecule has 5 N–H and O–H groups in total. The molecule has 5 aliphatic heterocycles. The van der Waals surface area contributed by atoms with Crippen LogP contribution in [0.3, 0.4) is 0 Å². The van der Waals surface area contributed by atoms with E-state index >= 15 is 0 Å². The molecule has 0 saturated carbocycles.